The number of carbonyl (C=O) groups excluding carboxylic acids is 4. The maximum absolute atomic E-state index is 14.4. The van der Waals surface area contributed by atoms with E-state index in [0.29, 0.717) is 47.4 Å². The number of halogens is 1. The SMILES string of the molecule is CC(=O)c1nn2c3c(cc(-c4cnc(C)nc4)cc13)CCCCCCCC(=O)NC[C@]1(C)C[C@@H](C(=O)Nc3nc(Br)ccc3C)N(C1)C(=O)C2. The minimum atomic E-state index is -0.812. The average Bonchev–Trinajstić information content (AvgIpc) is 3.63. The lowest BCUT2D eigenvalue weighted by atomic mass is 9.87. The first-order valence-electron chi connectivity index (χ1n) is 17.2. The molecule has 2 aliphatic heterocycles. The van der Waals surface area contributed by atoms with Crippen LogP contribution in [-0.2, 0) is 27.3 Å². The number of Topliss-reactive ketones (excluding diaryl/α,β-unsaturated/α-hetero) is 1. The van der Waals surface area contributed by atoms with Gasteiger partial charge in [-0.1, -0.05) is 32.3 Å². The molecule has 6 rings (SSSR count). The summed E-state index contributed by atoms with van der Waals surface area (Å²) in [5, 5.41) is 11.4. The van der Waals surface area contributed by atoms with Gasteiger partial charge in [-0.3, -0.25) is 23.9 Å². The van der Waals surface area contributed by atoms with Crippen LogP contribution in [0.25, 0.3) is 22.0 Å². The average molecular weight is 744 g/mol. The van der Waals surface area contributed by atoms with Crippen LogP contribution in [0.1, 0.15) is 86.2 Å². The van der Waals surface area contributed by atoms with Gasteiger partial charge < -0.3 is 15.5 Å². The first-order valence-corrected chi connectivity index (χ1v) is 18.0. The van der Waals surface area contributed by atoms with Crippen molar-refractivity contribution in [3.63, 3.8) is 0 Å². The van der Waals surface area contributed by atoms with Crippen molar-refractivity contribution in [1.29, 1.82) is 0 Å². The summed E-state index contributed by atoms with van der Waals surface area (Å²) >= 11 is 3.38. The standard InChI is InChI=1S/C37H43BrN8O4/c1-22-12-13-30(38)42-35(22)43-36(50)29-16-37(4)20-41-31(48)11-9-7-5-6-8-10-25-14-26(27-17-39-24(3)40-18-27)15-28-33(23(2)47)44-46(34(25)28)19-32(49)45(29)21-37/h12-15,17-18,29H,5-11,16,19-21H2,1-4H3,(H,41,48)(H,42,43,50)/t29-,37-/m0/s1. The number of carbonyl (C=O) groups is 4. The zero-order valence-electron chi connectivity index (χ0n) is 29.0. The quantitative estimate of drug-likeness (QED) is 0.199. The Kier molecular flexibility index (Phi) is 10.4. The normalized spacial score (nSPS) is 20.7. The number of ketones is 1. The molecule has 4 aromatic rings. The van der Waals surface area contributed by atoms with Crippen molar-refractivity contribution in [2.45, 2.75) is 91.6 Å². The number of anilines is 1. The van der Waals surface area contributed by atoms with E-state index in [-0.39, 0.29) is 42.3 Å². The number of fused-ring (bicyclic) bond motifs is 2. The van der Waals surface area contributed by atoms with E-state index in [9.17, 15) is 19.2 Å². The van der Waals surface area contributed by atoms with Gasteiger partial charge in [-0.25, -0.2) is 15.0 Å². The van der Waals surface area contributed by atoms with Gasteiger partial charge in [0, 0.05) is 55.2 Å². The van der Waals surface area contributed by atoms with E-state index >= 15 is 0 Å². The van der Waals surface area contributed by atoms with Crippen LogP contribution in [0, 0.1) is 19.3 Å². The predicted molar refractivity (Wildman–Crippen MR) is 193 cm³/mol. The molecule has 2 atom stereocenters. The Bertz CT molecular complexity index is 1960. The molecule has 0 unspecified atom stereocenters. The summed E-state index contributed by atoms with van der Waals surface area (Å²) in [6.07, 6.45) is 9.64. The Morgan fingerprint density at radius 1 is 1.00 bits per heavy atom. The second-order valence-electron chi connectivity index (χ2n) is 14.0. The van der Waals surface area contributed by atoms with Gasteiger partial charge in [0.2, 0.25) is 17.7 Å². The fourth-order valence-electron chi connectivity index (χ4n) is 7.05. The van der Waals surface area contributed by atoms with Gasteiger partial charge >= 0.3 is 0 Å². The fourth-order valence-corrected chi connectivity index (χ4v) is 7.36. The maximum Gasteiger partial charge on any atom is 0.248 e. The van der Waals surface area contributed by atoms with Crippen LogP contribution in [0.5, 0.6) is 0 Å². The molecule has 50 heavy (non-hydrogen) atoms. The minimum Gasteiger partial charge on any atom is -0.355 e. The van der Waals surface area contributed by atoms with Gasteiger partial charge in [0.1, 0.15) is 34.5 Å². The second-order valence-corrected chi connectivity index (χ2v) is 14.8. The lowest BCUT2D eigenvalue weighted by molar-refractivity contribution is -0.137. The van der Waals surface area contributed by atoms with Gasteiger partial charge in [0.25, 0.3) is 0 Å². The number of rotatable bonds is 4. The Hall–Kier alpha value is -4.52. The Labute approximate surface area is 300 Å². The summed E-state index contributed by atoms with van der Waals surface area (Å²) in [7, 11) is 0. The number of pyridine rings is 1. The summed E-state index contributed by atoms with van der Waals surface area (Å²) in [4.78, 5) is 68.9. The minimum absolute atomic E-state index is 0.0238. The summed E-state index contributed by atoms with van der Waals surface area (Å²) < 4.78 is 2.21. The third kappa shape index (κ3) is 7.77. The Morgan fingerprint density at radius 2 is 1.72 bits per heavy atom. The highest BCUT2D eigenvalue weighted by atomic mass is 79.9. The van der Waals surface area contributed by atoms with E-state index in [4.69, 9.17) is 5.10 Å². The first kappa shape index (κ1) is 35.3. The molecule has 3 aromatic heterocycles. The van der Waals surface area contributed by atoms with Crippen molar-refractivity contribution in [2.75, 3.05) is 18.4 Å². The van der Waals surface area contributed by atoms with Crippen LogP contribution in [0.4, 0.5) is 5.82 Å². The van der Waals surface area contributed by atoms with Crippen LogP contribution in [0.15, 0.2) is 41.3 Å². The number of hydrogen-bond donors (Lipinski definition) is 2. The molecular weight excluding hydrogens is 700 g/mol. The number of aromatic nitrogens is 5. The van der Waals surface area contributed by atoms with E-state index in [0.717, 1.165) is 59.9 Å². The molecule has 5 heterocycles. The molecule has 1 aromatic carbocycles. The molecule has 2 aliphatic rings. The monoisotopic (exact) mass is 742 g/mol. The summed E-state index contributed by atoms with van der Waals surface area (Å²) in [6, 6.07) is 6.86. The van der Waals surface area contributed by atoms with E-state index in [1.54, 1.807) is 28.0 Å². The van der Waals surface area contributed by atoms with Crippen LogP contribution < -0.4 is 10.6 Å². The zero-order valence-corrected chi connectivity index (χ0v) is 30.6. The molecule has 0 radical (unpaired) electrons. The summed E-state index contributed by atoms with van der Waals surface area (Å²) in [5.74, 6) is 0.185. The van der Waals surface area contributed by atoms with Gasteiger partial charge in [0.15, 0.2) is 5.78 Å². The number of hydrogen-bond acceptors (Lipinski definition) is 8. The number of amides is 3. The molecule has 13 heteroatoms. The smallest absolute Gasteiger partial charge is 0.248 e. The van der Waals surface area contributed by atoms with E-state index < -0.39 is 11.5 Å². The van der Waals surface area contributed by atoms with Crippen molar-refractivity contribution in [3.8, 4) is 11.1 Å². The van der Waals surface area contributed by atoms with E-state index in [1.807, 2.05) is 32.9 Å². The van der Waals surface area contributed by atoms with Crippen LogP contribution in [-0.4, -0.2) is 72.3 Å². The van der Waals surface area contributed by atoms with Gasteiger partial charge in [-0.2, -0.15) is 5.10 Å². The van der Waals surface area contributed by atoms with E-state index in [1.165, 1.54) is 6.92 Å². The van der Waals surface area contributed by atoms with Crippen molar-refractivity contribution in [2.24, 2.45) is 5.41 Å². The number of nitrogens with one attached hydrogen (secondary N) is 2. The molecule has 0 saturated carbocycles. The molecule has 12 nitrogen and oxygen atoms in total. The molecule has 1 saturated heterocycles. The molecule has 2 N–H and O–H groups in total. The van der Waals surface area contributed by atoms with Crippen LogP contribution in [0.3, 0.4) is 0 Å². The lowest BCUT2D eigenvalue weighted by Crippen LogP contribution is -2.45. The van der Waals surface area contributed by atoms with Crippen LogP contribution in [0.2, 0.25) is 0 Å². The highest BCUT2D eigenvalue weighted by Crippen LogP contribution is 2.36. The highest BCUT2D eigenvalue weighted by Gasteiger charge is 2.46. The molecule has 0 spiro atoms. The van der Waals surface area contributed by atoms with Crippen molar-refractivity contribution >= 4 is 56.2 Å². The number of aryl methyl sites for hydroxylation is 3. The molecule has 1 fully saturated rings. The maximum atomic E-state index is 14.4. The zero-order chi connectivity index (χ0) is 35.6. The Balaban J connectivity index is 1.41. The largest absolute Gasteiger partial charge is 0.355 e. The third-order valence-electron chi connectivity index (χ3n) is 9.76. The molecule has 2 bridgehead atoms. The van der Waals surface area contributed by atoms with Gasteiger partial charge in [-0.15, -0.1) is 0 Å². The second kappa shape index (κ2) is 14.8. The fraction of sp³-hybridized carbons (Fsp3) is 0.459. The third-order valence-corrected chi connectivity index (χ3v) is 10.2. The van der Waals surface area contributed by atoms with Crippen molar-refractivity contribution < 1.29 is 19.2 Å². The predicted octanol–water partition coefficient (Wildman–Crippen LogP) is 5.73. The molecular formula is C37H43BrN8O4. The topological polar surface area (TPSA) is 152 Å². The van der Waals surface area contributed by atoms with E-state index in [2.05, 4.69) is 47.6 Å². The summed E-state index contributed by atoms with van der Waals surface area (Å²) in [6.45, 7) is 7.60. The lowest BCUT2D eigenvalue weighted by Gasteiger charge is -2.26. The first-order chi connectivity index (χ1) is 23.9. The summed E-state index contributed by atoms with van der Waals surface area (Å²) in [5.41, 5.74) is 3.94. The van der Waals surface area contributed by atoms with Gasteiger partial charge in [0.05, 0.1) is 5.52 Å². The number of nitrogens with zero attached hydrogens (tertiary/aromatic N) is 6. The van der Waals surface area contributed by atoms with Crippen molar-refractivity contribution in [1.82, 2.24) is 34.9 Å². The molecule has 262 valence electrons. The highest BCUT2D eigenvalue weighted by molar-refractivity contribution is 9.10. The molecule has 3 amide bonds. The van der Waals surface area contributed by atoms with Gasteiger partial charge in [-0.05, 0) is 90.4 Å². The van der Waals surface area contributed by atoms with Crippen molar-refractivity contribution in [3.05, 3.63) is 63.9 Å². The Morgan fingerprint density at radius 3 is 2.46 bits per heavy atom. The molecule has 0 aliphatic carbocycles. The number of benzene rings is 1. The van der Waals surface area contributed by atoms with Crippen LogP contribution >= 0.6 is 15.9 Å².